The number of aryl methyl sites for hydroxylation is 1. The molecule has 0 saturated carbocycles. The van der Waals surface area contributed by atoms with Crippen molar-refractivity contribution in [2.45, 2.75) is 6.92 Å². The summed E-state index contributed by atoms with van der Waals surface area (Å²) in [5.74, 6) is 1.48. The van der Waals surface area contributed by atoms with E-state index in [1.54, 1.807) is 7.11 Å². The molecular formula is C22H18BrN3O. The Bertz CT molecular complexity index is 1040. The van der Waals surface area contributed by atoms with Crippen LogP contribution in [0.3, 0.4) is 0 Å². The zero-order valence-electron chi connectivity index (χ0n) is 15.0. The van der Waals surface area contributed by atoms with E-state index < -0.39 is 0 Å². The average molecular weight is 420 g/mol. The van der Waals surface area contributed by atoms with Gasteiger partial charge in [0.05, 0.1) is 12.8 Å². The lowest BCUT2D eigenvalue weighted by Gasteiger charge is -2.10. The quantitative estimate of drug-likeness (QED) is 0.633. The molecule has 0 saturated heterocycles. The van der Waals surface area contributed by atoms with E-state index in [0.29, 0.717) is 5.84 Å². The molecule has 0 amide bonds. The Morgan fingerprint density at radius 3 is 2.30 bits per heavy atom. The van der Waals surface area contributed by atoms with Crippen molar-refractivity contribution in [1.82, 2.24) is 5.43 Å². The van der Waals surface area contributed by atoms with Crippen molar-refractivity contribution in [2.24, 2.45) is 10.1 Å². The van der Waals surface area contributed by atoms with E-state index in [4.69, 9.17) is 9.73 Å². The molecule has 0 spiro atoms. The standard InChI is InChI=1S/C22H18BrN3O/c1-14-3-5-15(6-4-14)21-19-13-18(27-2)11-12-20(19)24-22(26-25-21)16-7-9-17(23)10-8-16/h3-13H,1-2H3,(H,24,26). The molecule has 1 aliphatic rings. The molecule has 0 atom stereocenters. The lowest BCUT2D eigenvalue weighted by atomic mass is 9.99. The highest BCUT2D eigenvalue weighted by atomic mass is 79.9. The number of benzene rings is 3. The van der Waals surface area contributed by atoms with Crippen LogP contribution in [0.1, 0.15) is 22.3 Å². The van der Waals surface area contributed by atoms with Gasteiger partial charge in [0.15, 0.2) is 5.84 Å². The second-order valence-corrected chi connectivity index (χ2v) is 7.20. The second kappa shape index (κ2) is 7.37. The minimum absolute atomic E-state index is 0.705. The van der Waals surface area contributed by atoms with Gasteiger partial charge in [0, 0.05) is 21.2 Å². The molecule has 1 N–H and O–H groups in total. The van der Waals surface area contributed by atoms with E-state index in [-0.39, 0.29) is 0 Å². The summed E-state index contributed by atoms with van der Waals surface area (Å²) < 4.78 is 6.44. The molecule has 4 rings (SSSR count). The first-order valence-electron chi connectivity index (χ1n) is 8.58. The monoisotopic (exact) mass is 419 g/mol. The Balaban J connectivity index is 1.86. The normalized spacial score (nSPS) is 13.0. The average Bonchev–Trinajstić information content (AvgIpc) is 2.88. The number of rotatable bonds is 3. The van der Waals surface area contributed by atoms with Crippen LogP contribution in [0.25, 0.3) is 0 Å². The van der Waals surface area contributed by atoms with Gasteiger partial charge in [-0.3, -0.25) is 5.43 Å². The predicted octanol–water partition coefficient (Wildman–Crippen LogP) is 5.20. The fourth-order valence-corrected chi connectivity index (χ4v) is 3.18. The summed E-state index contributed by atoms with van der Waals surface area (Å²) in [4.78, 5) is 4.83. The van der Waals surface area contributed by atoms with E-state index in [1.165, 1.54) is 5.56 Å². The van der Waals surface area contributed by atoms with E-state index in [0.717, 1.165) is 38.3 Å². The first-order valence-corrected chi connectivity index (χ1v) is 9.37. The highest BCUT2D eigenvalue weighted by molar-refractivity contribution is 9.10. The third-order valence-corrected chi connectivity index (χ3v) is 4.94. The van der Waals surface area contributed by atoms with Crippen LogP contribution in [0.4, 0.5) is 5.69 Å². The Morgan fingerprint density at radius 2 is 1.59 bits per heavy atom. The summed E-state index contributed by atoms with van der Waals surface area (Å²) >= 11 is 3.47. The predicted molar refractivity (Wildman–Crippen MR) is 113 cm³/mol. The number of halogens is 1. The third kappa shape index (κ3) is 3.64. The maximum absolute atomic E-state index is 5.42. The number of methoxy groups -OCH3 is 1. The van der Waals surface area contributed by atoms with Gasteiger partial charge in [0.2, 0.25) is 0 Å². The van der Waals surface area contributed by atoms with Gasteiger partial charge < -0.3 is 4.74 Å². The number of hydrogen-bond donors (Lipinski definition) is 1. The minimum Gasteiger partial charge on any atom is -0.497 e. The Kier molecular flexibility index (Phi) is 4.77. The van der Waals surface area contributed by atoms with Gasteiger partial charge in [-0.2, -0.15) is 5.10 Å². The molecule has 0 fully saturated rings. The topological polar surface area (TPSA) is 46.0 Å². The second-order valence-electron chi connectivity index (χ2n) is 6.29. The highest BCUT2D eigenvalue weighted by Crippen LogP contribution is 2.29. The van der Waals surface area contributed by atoms with Crippen LogP contribution >= 0.6 is 15.9 Å². The minimum atomic E-state index is 0.705. The van der Waals surface area contributed by atoms with Gasteiger partial charge in [-0.05, 0) is 37.3 Å². The Morgan fingerprint density at radius 1 is 0.889 bits per heavy atom. The molecule has 134 valence electrons. The summed E-state index contributed by atoms with van der Waals surface area (Å²) in [6, 6.07) is 22.2. The molecule has 0 unspecified atom stereocenters. The number of nitrogens with zero attached hydrogens (tertiary/aromatic N) is 2. The number of hydrazone groups is 1. The molecule has 0 aromatic heterocycles. The molecule has 0 aliphatic carbocycles. The van der Waals surface area contributed by atoms with Crippen molar-refractivity contribution in [3.63, 3.8) is 0 Å². The number of nitrogens with one attached hydrogen (secondary N) is 1. The molecule has 0 bridgehead atoms. The number of aliphatic imine (C=N–C) groups is 1. The van der Waals surface area contributed by atoms with Gasteiger partial charge in [-0.25, -0.2) is 4.99 Å². The number of hydrogen-bond acceptors (Lipinski definition) is 4. The molecular weight excluding hydrogens is 402 g/mol. The maximum atomic E-state index is 5.42. The summed E-state index contributed by atoms with van der Waals surface area (Å²) in [7, 11) is 1.66. The van der Waals surface area contributed by atoms with E-state index in [9.17, 15) is 0 Å². The van der Waals surface area contributed by atoms with Crippen LogP contribution < -0.4 is 10.2 Å². The first kappa shape index (κ1) is 17.5. The third-order valence-electron chi connectivity index (χ3n) is 4.41. The van der Waals surface area contributed by atoms with Crippen molar-refractivity contribution in [2.75, 3.05) is 7.11 Å². The lowest BCUT2D eigenvalue weighted by Crippen LogP contribution is -2.19. The van der Waals surface area contributed by atoms with Crippen LogP contribution in [0.5, 0.6) is 5.75 Å². The molecule has 1 heterocycles. The molecule has 3 aromatic rings. The van der Waals surface area contributed by atoms with Crippen LogP contribution in [0.2, 0.25) is 0 Å². The van der Waals surface area contributed by atoms with Crippen molar-refractivity contribution in [1.29, 1.82) is 0 Å². The summed E-state index contributed by atoms with van der Waals surface area (Å²) in [5.41, 5.74) is 8.95. The molecule has 3 aromatic carbocycles. The van der Waals surface area contributed by atoms with Gasteiger partial charge in [-0.15, -0.1) is 0 Å². The number of ether oxygens (including phenoxy) is 1. The fourth-order valence-electron chi connectivity index (χ4n) is 2.91. The van der Waals surface area contributed by atoms with Gasteiger partial charge in [-0.1, -0.05) is 57.9 Å². The molecule has 1 aliphatic heterocycles. The highest BCUT2D eigenvalue weighted by Gasteiger charge is 2.18. The molecule has 4 nitrogen and oxygen atoms in total. The zero-order chi connectivity index (χ0) is 18.8. The van der Waals surface area contributed by atoms with Crippen LogP contribution in [-0.2, 0) is 0 Å². The van der Waals surface area contributed by atoms with E-state index >= 15 is 0 Å². The first-order chi connectivity index (χ1) is 13.1. The van der Waals surface area contributed by atoms with Crippen molar-refractivity contribution in [3.05, 3.63) is 93.5 Å². The van der Waals surface area contributed by atoms with Crippen LogP contribution in [0, 0.1) is 6.92 Å². The van der Waals surface area contributed by atoms with Gasteiger partial charge >= 0.3 is 0 Å². The van der Waals surface area contributed by atoms with Crippen LogP contribution in [0.15, 0.2) is 81.3 Å². The SMILES string of the molecule is COc1ccc2c(c1)C(c1ccc(C)cc1)=NNC(c1ccc(Br)cc1)=N2. The number of fused-ring (bicyclic) bond motifs is 1. The largest absolute Gasteiger partial charge is 0.497 e. The van der Waals surface area contributed by atoms with Crippen molar-refractivity contribution < 1.29 is 4.74 Å². The zero-order valence-corrected chi connectivity index (χ0v) is 16.6. The summed E-state index contributed by atoms with van der Waals surface area (Å²) in [5, 5.41) is 4.69. The van der Waals surface area contributed by atoms with Crippen molar-refractivity contribution >= 4 is 33.2 Å². The number of amidine groups is 1. The van der Waals surface area contributed by atoms with Crippen molar-refractivity contribution in [3.8, 4) is 5.75 Å². The van der Waals surface area contributed by atoms with Gasteiger partial charge in [0.1, 0.15) is 11.5 Å². The molecule has 27 heavy (non-hydrogen) atoms. The maximum Gasteiger partial charge on any atom is 0.154 e. The van der Waals surface area contributed by atoms with Crippen LogP contribution in [-0.4, -0.2) is 18.7 Å². The fraction of sp³-hybridized carbons (Fsp3) is 0.0909. The van der Waals surface area contributed by atoms with Gasteiger partial charge in [0.25, 0.3) is 0 Å². The molecule has 5 heteroatoms. The molecule has 0 radical (unpaired) electrons. The Labute approximate surface area is 166 Å². The van der Waals surface area contributed by atoms with E-state index in [1.807, 2.05) is 42.5 Å². The summed E-state index contributed by atoms with van der Waals surface area (Å²) in [6.07, 6.45) is 0. The Hall–Kier alpha value is -2.92. The van der Waals surface area contributed by atoms with E-state index in [2.05, 4.69) is 57.6 Å². The summed E-state index contributed by atoms with van der Waals surface area (Å²) in [6.45, 7) is 2.07. The smallest absolute Gasteiger partial charge is 0.154 e. The lowest BCUT2D eigenvalue weighted by molar-refractivity contribution is 0.415.